The van der Waals surface area contributed by atoms with Crippen LogP contribution < -0.4 is 5.32 Å². The number of hydrogen-bond acceptors (Lipinski definition) is 3. The van der Waals surface area contributed by atoms with Gasteiger partial charge < -0.3 is 10.4 Å². The van der Waals surface area contributed by atoms with Crippen LogP contribution in [0.1, 0.15) is 41.7 Å². The number of hydrogen-bond donors (Lipinski definition) is 3. The van der Waals surface area contributed by atoms with Crippen molar-refractivity contribution in [2.24, 2.45) is 0 Å². The summed E-state index contributed by atoms with van der Waals surface area (Å²) < 4.78 is 0. The van der Waals surface area contributed by atoms with Crippen LogP contribution in [0.2, 0.25) is 0 Å². The Labute approximate surface area is 87.9 Å². The normalized spacial score (nSPS) is 26.5. The van der Waals surface area contributed by atoms with Gasteiger partial charge in [0.25, 0.3) is 0 Å². The van der Waals surface area contributed by atoms with E-state index in [0.717, 1.165) is 25.1 Å². The van der Waals surface area contributed by atoms with Crippen LogP contribution in [-0.2, 0) is 0 Å². The van der Waals surface area contributed by atoms with Gasteiger partial charge in [0.05, 0.1) is 11.9 Å². The van der Waals surface area contributed by atoms with Crippen LogP contribution in [0.15, 0.2) is 6.20 Å². The topological polar surface area (TPSA) is 78.0 Å². The standard InChI is InChI=1S/C10H15N3O2/c1-6-7(3-2-4-11-6)9-8(10(14)15)5-12-13-9/h5-7,11H,2-4H2,1H3,(H,12,13)(H,14,15). The van der Waals surface area contributed by atoms with E-state index in [1.165, 1.54) is 6.20 Å². The number of aromatic carboxylic acids is 1. The summed E-state index contributed by atoms with van der Waals surface area (Å²) in [6.45, 7) is 3.09. The quantitative estimate of drug-likeness (QED) is 0.678. The monoisotopic (exact) mass is 209 g/mol. The van der Waals surface area contributed by atoms with Crippen LogP contribution in [0.5, 0.6) is 0 Å². The van der Waals surface area contributed by atoms with Crippen LogP contribution >= 0.6 is 0 Å². The molecular weight excluding hydrogens is 194 g/mol. The van der Waals surface area contributed by atoms with Crippen molar-refractivity contribution in [3.8, 4) is 0 Å². The van der Waals surface area contributed by atoms with Crippen molar-refractivity contribution in [1.29, 1.82) is 0 Å². The van der Waals surface area contributed by atoms with Gasteiger partial charge in [-0.1, -0.05) is 0 Å². The highest BCUT2D eigenvalue weighted by atomic mass is 16.4. The molecule has 5 heteroatoms. The number of aromatic amines is 1. The smallest absolute Gasteiger partial charge is 0.339 e. The van der Waals surface area contributed by atoms with E-state index >= 15 is 0 Å². The molecule has 0 radical (unpaired) electrons. The number of nitrogens with zero attached hydrogens (tertiary/aromatic N) is 1. The van der Waals surface area contributed by atoms with E-state index in [2.05, 4.69) is 22.4 Å². The second-order valence-electron chi connectivity index (χ2n) is 3.99. The van der Waals surface area contributed by atoms with Gasteiger partial charge in [0.2, 0.25) is 0 Å². The average molecular weight is 209 g/mol. The molecule has 0 bridgehead atoms. The summed E-state index contributed by atoms with van der Waals surface area (Å²) >= 11 is 0. The second-order valence-corrected chi connectivity index (χ2v) is 3.99. The highest BCUT2D eigenvalue weighted by molar-refractivity contribution is 5.88. The minimum absolute atomic E-state index is 0.229. The van der Waals surface area contributed by atoms with Gasteiger partial charge in [-0.15, -0.1) is 0 Å². The Bertz CT molecular complexity index is 361. The molecule has 0 aliphatic carbocycles. The van der Waals surface area contributed by atoms with Crippen LogP contribution in [-0.4, -0.2) is 33.9 Å². The first-order chi connectivity index (χ1) is 7.20. The zero-order valence-electron chi connectivity index (χ0n) is 8.66. The minimum Gasteiger partial charge on any atom is -0.478 e. The number of carboxylic acids is 1. The van der Waals surface area contributed by atoms with E-state index in [1.54, 1.807) is 0 Å². The average Bonchev–Trinajstić information content (AvgIpc) is 2.67. The SMILES string of the molecule is CC1NCCCC1c1[nH]ncc1C(=O)O. The second kappa shape index (κ2) is 4.02. The maximum absolute atomic E-state index is 11.0. The van der Waals surface area contributed by atoms with E-state index in [4.69, 9.17) is 5.11 Å². The van der Waals surface area contributed by atoms with Crippen molar-refractivity contribution >= 4 is 5.97 Å². The van der Waals surface area contributed by atoms with E-state index in [1.807, 2.05) is 0 Å². The molecule has 1 aromatic heterocycles. The van der Waals surface area contributed by atoms with Crippen molar-refractivity contribution < 1.29 is 9.90 Å². The zero-order valence-corrected chi connectivity index (χ0v) is 8.66. The fourth-order valence-electron chi connectivity index (χ4n) is 2.19. The van der Waals surface area contributed by atoms with Crippen molar-refractivity contribution in [3.63, 3.8) is 0 Å². The molecule has 2 unspecified atom stereocenters. The summed E-state index contributed by atoms with van der Waals surface area (Å²) in [7, 11) is 0. The van der Waals surface area contributed by atoms with Crippen molar-refractivity contribution in [2.75, 3.05) is 6.54 Å². The van der Waals surface area contributed by atoms with Gasteiger partial charge >= 0.3 is 5.97 Å². The maximum Gasteiger partial charge on any atom is 0.339 e. The Morgan fingerprint density at radius 3 is 3.13 bits per heavy atom. The lowest BCUT2D eigenvalue weighted by Crippen LogP contribution is -2.38. The van der Waals surface area contributed by atoms with E-state index in [0.29, 0.717) is 11.6 Å². The highest BCUT2D eigenvalue weighted by Gasteiger charge is 2.27. The molecule has 0 spiro atoms. The Hall–Kier alpha value is -1.36. The lowest BCUT2D eigenvalue weighted by atomic mass is 9.87. The third-order valence-corrected chi connectivity index (χ3v) is 3.03. The van der Waals surface area contributed by atoms with Crippen molar-refractivity contribution in [2.45, 2.75) is 31.7 Å². The summed E-state index contributed by atoms with van der Waals surface area (Å²) in [6.07, 6.45) is 3.47. The first-order valence-electron chi connectivity index (χ1n) is 5.20. The number of aromatic nitrogens is 2. The molecular formula is C10H15N3O2. The number of rotatable bonds is 2. The van der Waals surface area contributed by atoms with Crippen LogP contribution in [0.25, 0.3) is 0 Å². The summed E-state index contributed by atoms with van der Waals surface area (Å²) in [5.41, 5.74) is 1.05. The molecule has 15 heavy (non-hydrogen) atoms. The third kappa shape index (κ3) is 1.87. The molecule has 1 fully saturated rings. The summed E-state index contributed by atoms with van der Waals surface area (Å²) in [5, 5.41) is 19.0. The summed E-state index contributed by atoms with van der Waals surface area (Å²) in [6, 6.07) is 0.303. The van der Waals surface area contributed by atoms with Crippen LogP contribution in [0.3, 0.4) is 0 Å². The highest BCUT2D eigenvalue weighted by Crippen LogP contribution is 2.28. The number of carboxylic acid groups (broad SMARTS) is 1. The maximum atomic E-state index is 11.0. The Balaban J connectivity index is 2.27. The lowest BCUT2D eigenvalue weighted by Gasteiger charge is -2.29. The van der Waals surface area contributed by atoms with E-state index in [-0.39, 0.29) is 5.92 Å². The molecule has 2 rings (SSSR count). The number of carbonyl (C=O) groups is 1. The Kier molecular flexibility index (Phi) is 2.73. The molecule has 3 N–H and O–H groups in total. The van der Waals surface area contributed by atoms with Crippen molar-refractivity contribution in [3.05, 3.63) is 17.5 Å². The van der Waals surface area contributed by atoms with Gasteiger partial charge in [-0.05, 0) is 26.3 Å². The Morgan fingerprint density at radius 1 is 1.67 bits per heavy atom. The fraction of sp³-hybridized carbons (Fsp3) is 0.600. The predicted molar refractivity (Wildman–Crippen MR) is 55.0 cm³/mol. The molecule has 0 saturated carbocycles. The molecule has 0 amide bonds. The lowest BCUT2D eigenvalue weighted by molar-refractivity contribution is 0.0694. The molecule has 1 saturated heterocycles. The molecule has 0 aromatic carbocycles. The molecule has 1 aromatic rings. The molecule has 1 aliphatic rings. The molecule has 2 atom stereocenters. The summed E-state index contributed by atoms with van der Waals surface area (Å²) in [4.78, 5) is 11.0. The summed E-state index contributed by atoms with van der Waals surface area (Å²) in [5.74, 6) is -0.677. The van der Waals surface area contributed by atoms with Gasteiger partial charge in [-0.3, -0.25) is 5.10 Å². The predicted octanol–water partition coefficient (Wildman–Crippen LogP) is 0.963. The first kappa shape index (κ1) is 10.2. The van der Waals surface area contributed by atoms with Gasteiger partial charge in [0.1, 0.15) is 5.56 Å². The number of H-pyrrole nitrogens is 1. The first-order valence-corrected chi connectivity index (χ1v) is 5.20. The third-order valence-electron chi connectivity index (χ3n) is 3.03. The molecule has 82 valence electrons. The number of piperidine rings is 1. The van der Waals surface area contributed by atoms with Gasteiger partial charge in [0, 0.05) is 12.0 Å². The van der Waals surface area contributed by atoms with E-state index < -0.39 is 5.97 Å². The number of nitrogens with one attached hydrogen (secondary N) is 2. The zero-order chi connectivity index (χ0) is 10.8. The van der Waals surface area contributed by atoms with Gasteiger partial charge in [-0.25, -0.2) is 4.79 Å². The Morgan fingerprint density at radius 2 is 2.47 bits per heavy atom. The van der Waals surface area contributed by atoms with E-state index in [9.17, 15) is 4.79 Å². The van der Waals surface area contributed by atoms with Gasteiger partial charge in [0.15, 0.2) is 0 Å². The molecule has 2 heterocycles. The minimum atomic E-state index is -0.906. The van der Waals surface area contributed by atoms with Crippen LogP contribution in [0.4, 0.5) is 0 Å². The molecule has 5 nitrogen and oxygen atoms in total. The largest absolute Gasteiger partial charge is 0.478 e. The molecule has 1 aliphatic heterocycles. The van der Waals surface area contributed by atoms with Gasteiger partial charge in [-0.2, -0.15) is 5.10 Å². The van der Waals surface area contributed by atoms with Crippen LogP contribution in [0, 0.1) is 0 Å². The van der Waals surface area contributed by atoms with Crippen molar-refractivity contribution in [1.82, 2.24) is 15.5 Å². The fourth-order valence-corrected chi connectivity index (χ4v) is 2.19.